The first-order valence-corrected chi connectivity index (χ1v) is 7.91. The van der Waals surface area contributed by atoms with Crippen molar-refractivity contribution in [1.29, 1.82) is 0 Å². The molecule has 0 bridgehead atoms. The first-order chi connectivity index (χ1) is 9.00. The van der Waals surface area contributed by atoms with Crippen LogP contribution in [0.5, 0.6) is 0 Å². The van der Waals surface area contributed by atoms with Gasteiger partial charge in [0.25, 0.3) is 0 Å². The van der Waals surface area contributed by atoms with E-state index >= 15 is 0 Å². The molecule has 0 aromatic heterocycles. The smallest absolute Gasteiger partial charge is 0.0436 e. The minimum absolute atomic E-state index is 0.175. The van der Waals surface area contributed by atoms with E-state index in [0.29, 0.717) is 6.04 Å². The highest BCUT2D eigenvalue weighted by Gasteiger charge is 2.22. The Bertz CT molecular complexity index is 431. The Balaban J connectivity index is 1.90. The molecular weight excluding hydrogens is 302 g/mol. The first-order valence-electron chi connectivity index (χ1n) is 7.12. The summed E-state index contributed by atoms with van der Waals surface area (Å²) >= 11 is 3.54. The van der Waals surface area contributed by atoms with E-state index in [-0.39, 0.29) is 12.0 Å². The van der Waals surface area contributed by atoms with Gasteiger partial charge >= 0.3 is 0 Å². The topological polar surface area (TPSA) is 32.3 Å². The molecule has 0 saturated carbocycles. The number of rotatable bonds is 5. The summed E-state index contributed by atoms with van der Waals surface area (Å²) in [5, 5.41) is 12.7. The maximum absolute atomic E-state index is 9.06. The Morgan fingerprint density at radius 1 is 1.37 bits per heavy atom. The fourth-order valence-corrected chi connectivity index (χ4v) is 3.12. The molecule has 2 nitrogen and oxygen atoms in total. The standard InChI is InChI=1S/C16H24BrNO/c1-16(2,7-8-19)11-18-15-6-4-12-9-14(17)5-3-13(12)10-15/h3,5,9,15,18-19H,4,6-8,10-11H2,1-2H3. The van der Waals surface area contributed by atoms with Crippen molar-refractivity contribution in [2.75, 3.05) is 13.2 Å². The second-order valence-corrected chi connectivity index (χ2v) is 7.29. The van der Waals surface area contributed by atoms with Gasteiger partial charge in [-0.3, -0.25) is 0 Å². The minimum Gasteiger partial charge on any atom is -0.396 e. The van der Waals surface area contributed by atoms with Gasteiger partial charge in [-0.05, 0) is 54.4 Å². The van der Waals surface area contributed by atoms with Crippen molar-refractivity contribution in [2.45, 2.75) is 45.6 Å². The van der Waals surface area contributed by atoms with Gasteiger partial charge in [-0.2, -0.15) is 0 Å². The predicted octanol–water partition coefficient (Wildman–Crippen LogP) is 3.30. The van der Waals surface area contributed by atoms with Gasteiger partial charge < -0.3 is 10.4 Å². The van der Waals surface area contributed by atoms with Gasteiger partial charge in [0.2, 0.25) is 0 Å². The third kappa shape index (κ3) is 4.30. The first kappa shape index (κ1) is 15.0. The summed E-state index contributed by atoms with van der Waals surface area (Å²) in [6.07, 6.45) is 4.35. The van der Waals surface area contributed by atoms with Crippen molar-refractivity contribution in [3.8, 4) is 0 Å². The van der Waals surface area contributed by atoms with Crippen molar-refractivity contribution < 1.29 is 5.11 Å². The average Bonchev–Trinajstić information content (AvgIpc) is 2.36. The normalized spacial score (nSPS) is 19.3. The van der Waals surface area contributed by atoms with Crippen molar-refractivity contribution in [1.82, 2.24) is 5.32 Å². The van der Waals surface area contributed by atoms with Gasteiger partial charge in [-0.15, -0.1) is 0 Å². The second kappa shape index (κ2) is 6.38. The van der Waals surface area contributed by atoms with Crippen LogP contribution in [0.15, 0.2) is 22.7 Å². The van der Waals surface area contributed by atoms with Gasteiger partial charge in [-0.25, -0.2) is 0 Å². The number of aliphatic hydroxyl groups excluding tert-OH is 1. The van der Waals surface area contributed by atoms with E-state index in [1.165, 1.54) is 22.0 Å². The summed E-state index contributed by atoms with van der Waals surface area (Å²) in [5.74, 6) is 0. The lowest BCUT2D eigenvalue weighted by Crippen LogP contribution is -2.40. The molecule has 3 heteroatoms. The highest BCUT2D eigenvalue weighted by atomic mass is 79.9. The Labute approximate surface area is 124 Å². The van der Waals surface area contributed by atoms with Gasteiger partial charge in [0.05, 0.1) is 0 Å². The average molecular weight is 326 g/mol. The van der Waals surface area contributed by atoms with E-state index in [2.05, 4.69) is 53.3 Å². The van der Waals surface area contributed by atoms with Gasteiger partial charge in [-0.1, -0.05) is 35.8 Å². The molecule has 1 aromatic carbocycles. The highest BCUT2D eigenvalue weighted by molar-refractivity contribution is 9.10. The van der Waals surface area contributed by atoms with Crippen LogP contribution in [0.4, 0.5) is 0 Å². The monoisotopic (exact) mass is 325 g/mol. The molecule has 0 heterocycles. The summed E-state index contributed by atoms with van der Waals surface area (Å²) in [6, 6.07) is 7.20. The van der Waals surface area contributed by atoms with Crippen LogP contribution >= 0.6 is 15.9 Å². The Hall–Kier alpha value is -0.380. The minimum atomic E-state index is 0.175. The summed E-state index contributed by atoms with van der Waals surface area (Å²) in [7, 11) is 0. The molecule has 0 spiro atoms. The zero-order valence-corrected chi connectivity index (χ0v) is 13.5. The molecule has 19 heavy (non-hydrogen) atoms. The maximum atomic E-state index is 9.06. The Morgan fingerprint density at radius 2 is 2.16 bits per heavy atom. The van der Waals surface area contributed by atoms with Crippen LogP contribution in [-0.4, -0.2) is 24.3 Å². The highest BCUT2D eigenvalue weighted by Crippen LogP contribution is 2.26. The third-order valence-corrected chi connectivity index (χ3v) is 4.55. The Morgan fingerprint density at radius 3 is 2.89 bits per heavy atom. The number of hydrogen-bond acceptors (Lipinski definition) is 2. The number of halogens is 1. The van der Waals surface area contributed by atoms with Crippen LogP contribution in [0.2, 0.25) is 0 Å². The van der Waals surface area contributed by atoms with E-state index in [1.807, 2.05) is 0 Å². The molecule has 2 N–H and O–H groups in total. The van der Waals surface area contributed by atoms with Crippen molar-refractivity contribution >= 4 is 15.9 Å². The van der Waals surface area contributed by atoms with Crippen LogP contribution in [0.1, 0.15) is 37.8 Å². The zero-order chi connectivity index (χ0) is 13.9. The number of nitrogens with one attached hydrogen (secondary N) is 1. The molecule has 1 unspecified atom stereocenters. The molecule has 0 fully saturated rings. The molecule has 2 rings (SSSR count). The lowest BCUT2D eigenvalue weighted by atomic mass is 9.86. The molecule has 106 valence electrons. The van der Waals surface area contributed by atoms with Crippen LogP contribution < -0.4 is 5.32 Å². The van der Waals surface area contributed by atoms with Gasteiger partial charge in [0, 0.05) is 23.7 Å². The summed E-state index contributed by atoms with van der Waals surface area (Å²) in [4.78, 5) is 0. The quantitative estimate of drug-likeness (QED) is 0.870. The number of benzene rings is 1. The van der Waals surface area contributed by atoms with Crippen LogP contribution in [0.3, 0.4) is 0 Å². The van der Waals surface area contributed by atoms with E-state index in [0.717, 1.165) is 25.8 Å². The largest absolute Gasteiger partial charge is 0.396 e. The number of fused-ring (bicyclic) bond motifs is 1. The second-order valence-electron chi connectivity index (χ2n) is 6.37. The van der Waals surface area contributed by atoms with Crippen LogP contribution in [-0.2, 0) is 12.8 Å². The van der Waals surface area contributed by atoms with Crippen LogP contribution in [0, 0.1) is 5.41 Å². The van der Waals surface area contributed by atoms with Crippen molar-refractivity contribution in [3.05, 3.63) is 33.8 Å². The molecule has 1 aliphatic rings. The fraction of sp³-hybridized carbons (Fsp3) is 0.625. The third-order valence-electron chi connectivity index (χ3n) is 4.05. The zero-order valence-electron chi connectivity index (χ0n) is 11.9. The molecule has 0 saturated heterocycles. The van der Waals surface area contributed by atoms with E-state index < -0.39 is 0 Å². The fourth-order valence-electron chi connectivity index (χ4n) is 2.71. The summed E-state index contributed by atoms with van der Waals surface area (Å²) < 4.78 is 1.18. The number of aliphatic hydroxyl groups is 1. The molecule has 0 aliphatic heterocycles. The van der Waals surface area contributed by atoms with E-state index in [4.69, 9.17) is 5.11 Å². The van der Waals surface area contributed by atoms with Crippen LogP contribution in [0.25, 0.3) is 0 Å². The molecular formula is C16H24BrNO. The molecule has 0 amide bonds. The van der Waals surface area contributed by atoms with Gasteiger partial charge in [0.1, 0.15) is 0 Å². The molecule has 1 atom stereocenters. The number of hydrogen-bond donors (Lipinski definition) is 2. The Kier molecular flexibility index (Phi) is 5.04. The molecule has 1 aliphatic carbocycles. The van der Waals surface area contributed by atoms with Gasteiger partial charge in [0.15, 0.2) is 0 Å². The van der Waals surface area contributed by atoms with E-state index in [9.17, 15) is 0 Å². The SMILES string of the molecule is CC(C)(CCO)CNC1CCc2cc(Br)ccc2C1. The van der Waals surface area contributed by atoms with E-state index in [1.54, 1.807) is 0 Å². The molecule has 0 radical (unpaired) electrons. The lowest BCUT2D eigenvalue weighted by molar-refractivity contribution is 0.201. The van der Waals surface area contributed by atoms with Crippen molar-refractivity contribution in [3.63, 3.8) is 0 Å². The summed E-state index contributed by atoms with van der Waals surface area (Å²) in [6.45, 7) is 5.68. The predicted molar refractivity (Wildman–Crippen MR) is 83.4 cm³/mol. The molecule has 1 aromatic rings. The lowest BCUT2D eigenvalue weighted by Gasteiger charge is -2.30. The maximum Gasteiger partial charge on any atom is 0.0436 e. The summed E-state index contributed by atoms with van der Waals surface area (Å²) in [5.41, 5.74) is 3.14. The van der Waals surface area contributed by atoms with Crippen molar-refractivity contribution in [2.24, 2.45) is 5.41 Å². The number of aryl methyl sites for hydroxylation is 1.